The predicted octanol–water partition coefficient (Wildman–Crippen LogP) is 2.71. The Morgan fingerprint density at radius 2 is 1.78 bits per heavy atom. The number of hydrogen-bond donors (Lipinski definition) is 2. The highest BCUT2D eigenvalue weighted by molar-refractivity contribution is 5.83. The topological polar surface area (TPSA) is 38.0 Å². The molecule has 0 aliphatic heterocycles. The highest BCUT2D eigenvalue weighted by atomic mass is 15.0. The molecule has 0 aliphatic rings. The first-order valence-electron chi connectivity index (χ1n) is 6.53. The molecular weight excluding hydrogens is 220 g/mol. The largest absolute Gasteiger partial charge is 0.329 e. The van der Waals surface area contributed by atoms with Gasteiger partial charge < -0.3 is 11.1 Å². The quantitative estimate of drug-likeness (QED) is 0.846. The molecule has 0 aromatic heterocycles. The molecule has 0 aliphatic carbocycles. The van der Waals surface area contributed by atoms with Gasteiger partial charge in [0.2, 0.25) is 0 Å². The van der Waals surface area contributed by atoms with Crippen LogP contribution in [0.4, 0.5) is 0 Å². The van der Waals surface area contributed by atoms with Crippen molar-refractivity contribution in [3.8, 4) is 0 Å². The van der Waals surface area contributed by atoms with Crippen molar-refractivity contribution >= 4 is 10.8 Å². The van der Waals surface area contributed by atoms with E-state index in [1.807, 2.05) is 0 Å². The van der Waals surface area contributed by atoms with Gasteiger partial charge in [0.1, 0.15) is 0 Å². The van der Waals surface area contributed by atoms with Crippen molar-refractivity contribution in [1.82, 2.24) is 5.32 Å². The van der Waals surface area contributed by atoms with Gasteiger partial charge >= 0.3 is 0 Å². The van der Waals surface area contributed by atoms with E-state index in [0.717, 1.165) is 13.0 Å². The molecule has 0 saturated heterocycles. The maximum atomic E-state index is 5.54. The first-order valence-corrected chi connectivity index (χ1v) is 6.53. The van der Waals surface area contributed by atoms with Gasteiger partial charge in [-0.2, -0.15) is 0 Å². The summed E-state index contributed by atoms with van der Waals surface area (Å²) in [6.45, 7) is 5.98. The second-order valence-electron chi connectivity index (χ2n) is 5.46. The lowest BCUT2D eigenvalue weighted by molar-refractivity contribution is 0.392. The van der Waals surface area contributed by atoms with Crippen molar-refractivity contribution < 1.29 is 0 Å². The fourth-order valence-corrected chi connectivity index (χ4v) is 2.33. The fourth-order valence-electron chi connectivity index (χ4n) is 2.33. The first-order chi connectivity index (χ1) is 8.61. The van der Waals surface area contributed by atoms with Gasteiger partial charge in [0.25, 0.3) is 0 Å². The zero-order valence-corrected chi connectivity index (χ0v) is 11.2. The van der Waals surface area contributed by atoms with Gasteiger partial charge in [0.15, 0.2) is 0 Å². The molecule has 2 heteroatoms. The maximum Gasteiger partial charge on any atom is 0.0165 e. The minimum atomic E-state index is 0.0851. The van der Waals surface area contributed by atoms with E-state index < -0.39 is 0 Å². The smallest absolute Gasteiger partial charge is 0.0165 e. The summed E-state index contributed by atoms with van der Waals surface area (Å²) < 4.78 is 0. The van der Waals surface area contributed by atoms with E-state index in [0.29, 0.717) is 6.54 Å². The lowest BCUT2D eigenvalue weighted by Crippen LogP contribution is -2.43. The van der Waals surface area contributed by atoms with Crippen LogP contribution in [0.2, 0.25) is 0 Å². The second-order valence-corrected chi connectivity index (χ2v) is 5.46. The summed E-state index contributed by atoms with van der Waals surface area (Å²) in [4.78, 5) is 0. The molecule has 2 rings (SSSR count). The van der Waals surface area contributed by atoms with Crippen LogP contribution >= 0.6 is 0 Å². The summed E-state index contributed by atoms with van der Waals surface area (Å²) in [5.74, 6) is 0. The standard InChI is InChI=1S/C16H22N2/c1-16(2,18-10-9-17)12-13-7-8-14-5-3-4-6-15(14)11-13/h3-8,11,18H,9-10,12,17H2,1-2H3. The minimum absolute atomic E-state index is 0.0851. The maximum absolute atomic E-state index is 5.54. The van der Waals surface area contributed by atoms with Crippen molar-refractivity contribution in [1.29, 1.82) is 0 Å². The van der Waals surface area contributed by atoms with Crippen LogP contribution in [0.25, 0.3) is 10.8 Å². The van der Waals surface area contributed by atoms with Crippen molar-refractivity contribution in [2.75, 3.05) is 13.1 Å². The number of hydrogen-bond acceptors (Lipinski definition) is 2. The van der Waals surface area contributed by atoms with E-state index in [1.165, 1.54) is 16.3 Å². The van der Waals surface area contributed by atoms with Gasteiger partial charge in [-0.05, 0) is 36.6 Å². The van der Waals surface area contributed by atoms with Crippen molar-refractivity contribution in [3.63, 3.8) is 0 Å². The molecule has 3 N–H and O–H groups in total. The SMILES string of the molecule is CC(C)(Cc1ccc2ccccc2c1)NCCN. The Labute approximate surface area is 109 Å². The Morgan fingerprint density at radius 1 is 1.06 bits per heavy atom. The van der Waals surface area contributed by atoms with Gasteiger partial charge in [0, 0.05) is 18.6 Å². The molecule has 0 saturated carbocycles. The summed E-state index contributed by atoms with van der Waals surface area (Å²) >= 11 is 0. The third-order valence-electron chi connectivity index (χ3n) is 3.21. The molecule has 0 bridgehead atoms. The van der Waals surface area contributed by atoms with E-state index >= 15 is 0 Å². The minimum Gasteiger partial charge on any atom is -0.329 e. The van der Waals surface area contributed by atoms with Crippen LogP contribution in [0, 0.1) is 0 Å². The van der Waals surface area contributed by atoms with E-state index in [9.17, 15) is 0 Å². The van der Waals surface area contributed by atoms with Crippen molar-refractivity contribution in [2.45, 2.75) is 25.8 Å². The monoisotopic (exact) mass is 242 g/mol. The van der Waals surface area contributed by atoms with Gasteiger partial charge in [0.05, 0.1) is 0 Å². The van der Waals surface area contributed by atoms with Gasteiger partial charge in [-0.3, -0.25) is 0 Å². The average Bonchev–Trinajstić information content (AvgIpc) is 2.36. The third kappa shape index (κ3) is 3.31. The second kappa shape index (κ2) is 5.51. The summed E-state index contributed by atoms with van der Waals surface area (Å²) in [7, 11) is 0. The van der Waals surface area contributed by atoms with E-state index in [2.05, 4.69) is 61.6 Å². The Bertz CT molecular complexity index is 517. The molecule has 96 valence electrons. The van der Waals surface area contributed by atoms with Crippen LogP contribution in [0.15, 0.2) is 42.5 Å². The fraction of sp³-hybridized carbons (Fsp3) is 0.375. The van der Waals surface area contributed by atoms with E-state index in [1.54, 1.807) is 0 Å². The molecule has 0 spiro atoms. The van der Waals surface area contributed by atoms with Gasteiger partial charge in [-0.15, -0.1) is 0 Å². The highest BCUT2D eigenvalue weighted by Crippen LogP contribution is 2.19. The van der Waals surface area contributed by atoms with E-state index in [4.69, 9.17) is 5.73 Å². The molecule has 0 amide bonds. The predicted molar refractivity (Wildman–Crippen MR) is 78.8 cm³/mol. The van der Waals surface area contributed by atoms with Crippen LogP contribution in [-0.4, -0.2) is 18.6 Å². The number of fused-ring (bicyclic) bond motifs is 1. The Kier molecular flexibility index (Phi) is 4.00. The molecule has 2 nitrogen and oxygen atoms in total. The number of nitrogens with one attached hydrogen (secondary N) is 1. The van der Waals surface area contributed by atoms with Crippen molar-refractivity contribution in [2.24, 2.45) is 5.73 Å². The zero-order chi connectivity index (χ0) is 13.0. The normalized spacial score (nSPS) is 11.9. The number of benzene rings is 2. The first kappa shape index (κ1) is 13.1. The lowest BCUT2D eigenvalue weighted by atomic mass is 9.93. The van der Waals surface area contributed by atoms with Crippen molar-refractivity contribution in [3.05, 3.63) is 48.0 Å². The zero-order valence-electron chi connectivity index (χ0n) is 11.2. The number of rotatable bonds is 5. The molecule has 0 heterocycles. The summed E-state index contributed by atoms with van der Waals surface area (Å²) in [5, 5.41) is 6.09. The Balaban J connectivity index is 2.16. The highest BCUT2D eigenvalue weighted by Gasteiger charge is 2.16. The summed E-state index contributed by atoms with van der Waals surface area (Å²) in [6.07, 6.45) is 1.01. The molecule has 0 radical (unpaired) electrons. The van der Waals surface area contributed by atoms with Crippen LogP contribution in [-0.2, 0) is 6.42 Å². The molecule has 0 fully saturated rings. The van der Waals surface area contributed by atoms with E-state index in [-0.39, 0.29) is 5.54 Å². The summed E-state index contributed by atoms with van der Waals surface area (Å²) in [5.41, 5.74) is 6.99. The van der Waals surface area contributed by atoms with Gasteiger partial charge in [-0.1, -0.05) is 42.5 Å². The lowest BCUT2D eigenvalue weighted by Gasteiger charge is -2.26. The molecule has 0 unspecified atom stereocenters. The molecule has 2 aromatic carbocycles. The third-order valence-corrected chi connectivity index (χ3v) is 3.21. The Morgan fingerprint density at radius 3 is 2.50 bits per heavy atom. The van der Waals surface area contributed by atoms with Crippen LogP contribution in [0.5, 0.6) is 0 Å². The molecule has 2 aromatic rings. The van der Waals surface area contributed by atoms with Crippen LogP contribution in [0.3, 0.4) is 0 Å². The summed E-state index contributed by atoms with van der Waals surface area (Å²) in [6, 6.07) is 15.2. The average molecular weight is 242 g/mol. The molecular formula is C16H22N2. The Hall–Kier alpha value is -1.38. The van der Waals surface area contributed by atoms with Crippen LogP contribution in [0.1, 0.15) is 19.4 Å². The number of nitrogens with two attached hydrogens (primary N) is 1. The van der Waals surface area contributed by atoms with Crippen LogP contribution < -0.4 is 11.1 Å². The molecule has 18 heavy (non-hydrogen) atoms. The van der Waals surface area contributed by atoms with Gasteiger partial charge in [-0.25, -0.2) is 0 Å². The molecule has 0 atom stereocenters.